The van der Waals surface area contributed by atoms with Crippen LogP contribution < -0.4 is 10.9 Å². The predicted molar refractivity (Wildman–Crippen MR) is 60.0 cm³/mol. The Morgan fingerprint density at radius 2 is 2.31 bits per heavy atom. The number of hydrogen-bond donors (Lipinski definition) is 2. The van der Waals surface area contributed by atoms with E-state index in [9.17, 15) is 9.18 Å². The molecule has 0 unspecified atom stereocenters. The predicted octanol–water partition coefficient (Wildman–Crippen LogP) is 0.824. The normalized spacial score (nSPS) is 10.9. The van der Waals surface area contributed by atoms with Crippen molar-refractivity contribution in [3.05, 3.63) is 40.2 Å². The molecule has 4 nitrogen and oxygen atoms in total. The molecule has 0 amide bonds. The van der Waals surface area contributed by atoms with Crippen molar-refractivity contribution >= 4 is 10.9 Å². The van der Waals surface area contributed by atoms with Crippen LogP contribution in [0.2, 0.25) is 0 Å². The van der Waals surface area contributed by atoms with Gasteiger partial charge in [0.1, 0.15) is 17.2 Å². The van der Waals surface area contributed by atoms with Gasteiger partial charge in [0.2, 0.25) is 0 Å². The van der Waals surface area contributed by atoms with Crippen molar-refractivity contribution in [3.8, 4) is 0 Å². The lowest BCUT2D eigenvalue weighted by Gasteiger charge is -2.03. The lowest BCUT2D eigenvalue weighted by molar-refractivity contribution is 0.634. The summed E-state index contributed by atoms with van der Waals surface area (Å²) in [5.74, 6) is 0.0336. The highest BCUT2D eigenvalue weighted by molar-refractivity contribution is 5.77. The number of nitrogens with zero attached hydrogens (tertiary/aromatic N) is 1. The molecule has 0 aliphatic heterocycles. The number of rotatable bonds is 3. The lowest BCUT2D eigenvalue weighted by atomic mass is 10.2. The van der Waals surface area contributed by atoms with Gasteiger partial charge in [-0.25, -0.2) is 9.37 Å². The van der Waals surface area contributed by atoms with E-state index in [2.05, 4.69) is 15.3 Å². The van der Waals surface area contributed by atoms with E-state index in [-0.39, 0.29) is 16.5 Å². The summed E-state index contributed by atoms with van der Waals surface area (Å²) in [6.07, 6.45) is 0.565. The van der Waals surface area contributed by atoms with E-state index < -0.39 is 5.82 Å². The first-order chi connectivity index (χ1) is 7.72. The number of benzene rings is 1. The van der Waals surface area contributed by atoms with Crippen LogP contribution in [0.15, 0.2) is 23.0 Å². The summed E-state index contributed by atoms with van der Waals surface area (Å²) in [5, 5.41) is 3.23. The molecule has 2 rings (SSSR count). The molecule has 84 valence electrons. The zero-order chi connectivity index (χ0) is 11.5. The Labute approximate surface area is 91.5 Å². The number of hydrogen-bond acceptors (Lipinski definition) is 3. The summed E-state index contributed by atoms with van der Waals surface area (Å²) in [6.45, 7) is 0.683. The van der Waals surface area contributed by atoms with E-state index in [4.69, 9.17) is 0 Å². The van der Waals surface area contributed by atoms with Crippen LogP contribution in [-0.4, -0.2) is 23.6 Å². The maximum atomic E-state index is 13.4. The number of aromatic amines is 1. The van der Waals surface area contributed by atoms with E-state index in [0.29, 0.717) is 18.8 Å². The Hall–Kier alpha value is -1.75. The summed E-state index contributed by atoms with van der Waals surface area (Å²) >= 11 is 0. The fourth-order valence-corrected chi connectivity index (χ4v) is 1.54. The second-order valence-corrected chi connectivity index (χ2v) is 3.50. The molecule has 5 heteroatoms. The van der Waals surface area contributed by atoms with Gasteiger partial charge in [0.05, 0.1) is 5.39 Å². The molecular weight excluding hydrogens is 209 g/mol. The molecule has 1 heterocycles. The third-order valence-corrected chi connectivity index (χ3v) is 2.35. The number of H-pyrrole nitrogens is 1. The Balaban J connectivity index is 2.57. The third-order valence-electron chi connectivity index (χ3n) is 2.35. The highest BCUT2D eigenvalue weighted by Crippen LogP contribution is 2.11. The Bertz CT molecular complexity index is 565. The molecule has 0 aliphatic rings. The van der Waals surface area contributed by atoms with Crippen molar-refractivity contribution in [3.63, 3.8) is 0 Å². The minimum Gasteiger partial charge on any atom is -0.319 e. The van der Waals surface area contributed by atoms with Gasteiger partial charge in [0, 0.05) is 13.0 Å². The second kappa shape index (κ2) is 4.40. The zero-order valence-corrected chi connectivity index (χ0v) is 8.88. The Kier molecular flexibility index (Phi) is 2.96. The number of aromatic nitrogens is 2. The first-order valence-corrected chi connectivity index (χ1v) is 5.04. The van der Waals surface area contributed by atoms with Crippen molar-refractivity contribution in [1.82, 2.24) is 15.3 Å². The van der Waals surface area contributed by atoms with E-state index in [1.54, 1.807) is 13.1 Å². The quantitative estimate of drug-likeness (QED) is 0.807. The first kappa shape index (κ1) is 10.8. The highest BCUT2D eigenvalue weighted by Gasteiger charge is 2.07. The summed E-state index contributed by atoms with van der Waals surface area (Å²) in [4.78, 5) is 18.4. The molecule has 2 aromatic rings. The van der Waals surface area contributed by atoms with E-state index in [1.165, 1.54) is 12.1 Å². The van der Waals surface area contributed by atoms with Crippen molar-refractivity contribution < 1.29 is 4.39 Å². The topological polar surface area (TPSA) is 57.8 Å². The van der Waals surface area contributed by atoms with Crippen molar-refractivity contribution in [2.75, 3.05) is 13.6 Å². The van der Waals surface area contributed by atoms with Gasteiger partial charge in [0.15, 0.2) is 0 Å². The first-order valence-electron chi connectivity index (χ1n) is 5.04. The lowest BCUT2D eigenvalue weighted by Crippen LogP contribution is -2.17. The van der Waals surface area contributed by atoms with Crippen molar-refractivity contribution in [2.24, 2.45) is 0 Å². The molecule has 0 bridgehead atoms. The average molecular weight is 221 g/mol. The van der Waals surface area contributed by atoms with Crippen molar-refractivity contribution in [2.45, 2.75) is 6.42 Å². The van der Waals surface area contributed by atoms with Crippen LogP contribution in [0.4, 0.5) is 4.39 Å². The number of nitrogens with one attached hydrogen (secondary N) is 2. The molecule has 0 spiro atoms. The van der Waals surface area contributed by atoms with Gasteiger partial charge in [-0.05, 0) is 19.2 Å². The maximum absolute atomic E-state index is 13.4. The minimum absolute atomic E-state index is 0.136. The summed E-state index contributed by atoms with van der Waals surface area (Å²) in [6, 6.07) is 4.37. The van der Waals surface area contributed by atoms with Crippen LogP contribution >= 0.6 is 0 Å². The molecule has 0 atom stereocenters. The fourth-order valence-electron chi connectivity index (χ4n) is 1.54. The number of likely N-dealkylation sites (N-methyl/N-ethyl adjacent to an activating group) is 1. The molecule has 0 saturated heterocycles. The molecule has 0 fully saturated rings. The number of halogens is 1. The van der Waals surface area contributed by atoms with Gasteiger partial charge in [0.25, 0.3) is 5.56 Å². The Morgan fingerprint density at radius 1 is 1.50 bits per heavy atom. The molecular formula is C11H12FN3O. The molecule has 1 aromatic heterocycles. The maximum Gasteiger partial charge on any atom is 0.258 e. The molecule has 16 heavy (non-hydrogen) atoms. The number of para-hydroxylation sites is 1. The van der Waals surface area contributed by atoms with Crippen LogP contribution in [0, 0.1) is 5.82 Å². The molecule has 0 radical (unpaired) electrons. The van der Waals surface area contributed by atoms with Crippen LogP contribution in [-0.2, 0) is 6.42 Å². The smallest absolute Gasteiger partial charge is 0.258 e. The largest absolute Gasteiger partial charge is 0.319 e. The van der Waals surface area contributed by atoms with Crippen LogP contribution in [0.25, 0.3) is 10.9 Å². The molecule has 1 aromatic carbocycles. The molecule has 0 saturated carbocycles. The monoisotopic (exact) mass is 221 g/mol. The van der Waals surface area contributed by atoms with Gasteiger partial charge in [-0.3, -0.25) is 4.79 Å². The standard InChI is InChI=1S/C11H12FN3O/c1-13-6-5-9-14-10-7(11(16)15-9)3-2-4-8(10)12/h2-4,13H,5-6H2,1H3,(H,14,15,16). The van der Waals surface area contributed by atoms with Crippen LogP contribution in [0.1, 0.15) is 5.82 Å². The fraction of sp³-hybridized carbons (Fsp3) is 0.273. The van der Waals surface area contributed by atoms with Gasteiger partial charge in [-0.2, -0.15) is 0 Å². The minimum atomic E-state index is -0.464. The van der Waals surface area contributed by atoms with Gasteiger partial charge < -0.3 is 10.3 Å². The second-order valence-electron chi connectivity index (χ2n) is 3.50. The Morgan fingerprint density at radius 3 is 3.06 bits per heavy atom. The van der Waals surface area contributed by atoms with Crippen LogP contribution in [0.3, 0.4) is 0 Å². The molecule has 2 N–H and O–H groups in total. The van der Waals surface area contributed by atoms with E-state index >= 15 is 0 Å². The molecule has 0 aliphatic carbocycles. The third kappa shape index (κ3) is 1.94. The van der Waals surface area contributed by atoms with Crippen molar-refractivity contribution in [1.29, 1.82) is 0 Å². The SMILES string of the molecule is CNCCc1nc2c(F)cccc2c(=O)[nH]1. The van der Waals surface area contributed by atoms with Crippen LogP contribution in [0.5, 0.6) is 0 Å². The zero-order valence-electron chi connectivity index (χ0n) is 8.88. The average Bonchev–Trinajstić information content (AvgIpc) is 2.28. The highest BCUT2D eigenvalue weighted by atomic mass is 19.1. The van der Waals surface area contributed by atoms with E-state index in [0.717, 1.165) is 0 Å². The van der Waals surface area contributed by atoms with E-state index in [1.807, 2.05) is 0 Å². The van der Waals surface area contributed by atoms with Gasteiger partial charge >= 0.3 is 0 Å². The summed E-state index contributed by atoms with van der Waals surface area (Å²) in [5.41, 5.74) is -0.159. The summed E-state index contributed by atoms with van der Waals surface area (Å²) in [7, 11) is 1.81. The summed E-state index contributed by atoms with van der Waals surface area (Å²) < 4.78 is 13.4. The van der Waals surface area contributed by atoms with Gasteiger partial charge in [-0.15, -0.1) is 0 Å². The van der Waals surface area contributed by atoms with Gasteiger partial charge in [-0.1, -0.05) is 6.07 Å². The number of fused-ring (bicyclic) bond motifs is 1.